The number of rotatable bonds is 20. The van der Waals surface area contributed by atoms with Gasteiger partial charge in [-0.05, 0) is 81.8 Å². The Balaban J connectivity index is 1.59. The summed E-state index contributed by atoms with van der Waals surface area (Å²) in [5.74, 6) is 0.605. The predicted molar refractivity (Wildman–Crippen MR) is 164 cm³/mol. The second kappa shape index (κ2) is 19.8. The minimum Gasteiger partial charge on any atom is -0.462 e. The van der Waals surface area contributed by atoms with Crippen LogP contribution in [0, 0.1) is 11.8 Å². The Hall–Kier alpha value is -2.17. The highest BCUT2D eigenvalue weighted by molar-refractivity contribution is 5.86. The summed E-state index contributed by atoms with van der Waals surface area (Å²) in [6.45, 7) is 13.7. The molecule has 0 aromatic heterocycles. The largest absolute Gasteiger partial charge is 0.462 e. The number of allylic oxidation sites excluding steroid dienone is 2. The fourth-order valence-corrected chi connectivity index (χ4v) is 5.23. The Kier molecular flexibility index (Phi) is 16.8. The molecule has 2 rings (SSSR count). The quantitative estimate of drug-likeness (QED) is 0.0719. The van der Waals surface area contributed by atoms with Crippen molar-refractivity contribution in [2.24, 2.45) is 11.8 Å². The average Bonchev–Trinajstić information content (AvgIpc) is 2.93. The van der Waals surface area contributed by atoms with E-state index in [0.717, 1.165) is 45.1 Å². The van der Waals surface area contributed by atoms with Gasteiger partial charge in [0.05, 0.1) is 19.3 Å². The van der Waals surface area contributed by atoms with Crippen molar-refractivity contribution in [3.63, 3.8) is 0 Å². The van der Waals surface area contributed by atoms with Crippen LogP contribution in [0.1, 0.15) is 102 Å². The van der Waals surface area contributed by atoms with Crippen LogP contribution in [-0.2, 0) is 25.4 Å². The molecule has 1 aliphatic rings. The summed E-state index contributed by atoms with van der Waals surface area (Å²) >= 11 is 0. The molecule has 0 aliphatic carbocycles. The topological polar surface area (TPSA) is 44.8 Å². The van der Waals surface area contributed by atoms with E-state index in [-0.39, 0.29) is 11.9 Å². The van der Waals surface area contributed by atoms with Crippen LogP contribution in [0.3, 0.4) is 0 Å². The Morgan fingerprint density at radius 2 is 1.95 bits per heavy atom. The maximum atomic E-state index is 11.7. The molecule has 1 aliphatic heterocycles. The van der Waals surface area contributed by atoms with Crippen molar-refractivity contribution >= 4 is 12.0 Å². The van der Waals surface area contributed by atoms with E-state index in [2.05, 4.69) is 56.5 Å². The first kappa shape index (κ1) is 33.0. The minimum absolute atomic E-state index is 0.238. The van der Waals surface area contributed by atoms with Crippen LogP contribution in [0.25, 0.3) is 6.08 Å². The molecule has 1 saturated heterocycles. The van der Waals surface area contributed by atoms with Gasteiger partial charge in [0, 0.05) is 25.2 Å². The number of methoxy groups -OCH3 is 1. The summed E-state index contributed by atoms with van der Waals surface area (Å²) < 4.78 is 16.9. The summed E-state index contributed by atoms with van der Waals surface area (Å²) in [4.78, 5) is 11.7. The molecule has 0 radical (unpaired) electrons. The number of unbranched alkanes of at least 4 members (excludes halogenated alkanes) is 3. The van der Waals surface area contributed by atoms with E-state index >= 15 is 0 Å². The Morgan fingerprint density at radius 1 is 1.10 bits per heavy atom. The maximum absolute atomic E-state index is 11.7. The fourth-order valence-electron chi connectivity index (χ4n) is 5.23. The number of hydrogen-bond acceptors (Lipinski definition) is 4. The van der Waals surface area contributed by atoms with Crippen molar-refractivity contribution in [2.75, 3.05) is 26.9 Å². The van der Waals surface area contributed by atoms with Gasteiger partial charge in [-0.3, -0.25) is 0 Å². The molecule has 0 saturated carbocycles. The van der Waals surface area contributed by atoms with Gasteiger partial charge in [0.2, 0.25) is 0 Å². The highest BCUT2D eigenvalue weighted by atomic mass is 16.5. The Labute approximate surface area is 238 Å². The number of carbonyl (C=O) groups excluding carboxylic acids is 1. The molecule has 39 heavy (non-hydrogen) atoms. The van der Waals surface area contributed by atoms with Crippen LogP contribution in [0.4, 0.5) is 0 Å². The predicted octanol–water partition coefficient (Wildman–Crippen LogP) is 8.90. The van der Waals surface area contributed by atoms with Crippen LogP contribution in [0.2, 0.25) is 0 Å². The zero-order valence-corrected chi connectivity index (χ0v) is 25.1. The maximum Gasteiger partial charge on any atom is 0.333 e. The zero-order valence-electron chi connectivity index (χ0n) is 25.1. The van der Waals surface area contributed by atoms with Gasteiger partial charge >= 0.3 is 5.97 Å². The minimum atomic E-state index is -0.318. The molecule has 1 aromatic carbocycles. The fraction of sp³-hybridized carbons (Fsp3) is 0.629. The lowest BCUT2D eigenvalue weighted by molar-refractivity contribution is -0.140. The molecule has 4 heteroatoms. The van der Waals surface area contributed by atoms with Gasteiger partial charge in [0.25, 0.3) is 0 Å². The number of hydrogen-bond donors (Lipinski definition) is 0. The third-order valence-electron chi connectivity index (χ3n) is 7.70. The van der Waals surface area contributed by atoms with E-state index in [1.165, 1.54) is 61.6 Å². The van der Waals surface area contributed by atoms with E-state index in [0.29, 0.717) is 30.8 Å². The average molecular weight is 539 g/mol. The summed E-state index contributed by atoms with van der Waals surface area (Å²) in [7, 11) is 1.70. The van der Waals surface area contributed by atoms with Crippen LogP contribution >= 0.6 is 0 Å². The lowest BCUT2D eigenvalue weighted by Gasteiger charge is -2.29. The molecule has 3 unspecified atom stereocenters. The molecule has 0 amide bonds. The lowest BCUT2D eigenvalue weighted by atomic mass is 9.90. The van der Waals surface area contributed by atoms with Crippen molar-refractivity contribution in [1.82, 2.24) is 0 Å². The second-order valence-corrected chi connectivity index (χ2v) is 11.5. The van der Waals surface area contributed by atoms with Crippen LogP contribution in [0.5, 0.6) is 0 Å². The number of carbonyl (C=O) groups is 1. The summed E-state index contributed by atoms with van der Waals surface area (Å²) in [5.41, 5.74) is 4.36. The van der Waals surface area contributed by atoms with Gasteiger partial charge < -0.3 is 14.2 Å². The number of esters is 1. The van der Waals surface area contributed by atoms with Crippen molar-refractivity contribution in [2.45, 2.75) is 103 Å². The Morgan fingerprint density at radius 3 is 2.67 bits per heavy atom. The van der Waals surface area contributed by atoms with E-state index in [1.54, 1.807) is 14.0 Å². The van der Waals surface area contributed by atoms with E-state index in [9.17, 15) is 4.79 Å². The number of ether oxygens (including phenoxy) is 3. The monoisotopic (exact) mass is 538 g/mol. The third kappa shape index (κ3) is 14.7. The van der Waals surface area contributed by atoms with Gasteiger partial charge in [0.15, 0.2) is 0 Å². The molecule has 1 fully saturated rings. The molecular formula is C35H54O4. The van der Waals surface area contributed by atoms with Crippen molar-refractivity contribution in [1.29, 1.82) is 0 Å². The van der Waals surface area contributed by atoms with Gasteiger partial charge in [-0.25, -0.2) is 4.79 Å². The van der Waals surface area contributed by atoms with Crippen molar-refractivity contribution in [3.05, 3.63) is 65.8 Å². The number of benzene rings is 1. The van der Waals surface area contributed by atoms with Crippen LogP contribution in [0.15, 0.2) is 54.6 Å². The van der Waals surface area contributed by atoms with Gasteiger partial charge in [-0.2, -0.15) is 0 Å². The molecule has 4 nitrogen and oxygen atoms in total. The Bertz CT molecular complexity index is 878. The second-order valence-electron chi connectivity index (χ2n) is 11.5. The highest BCUT2D eigenvalue weighted by Gasteiger charge is 2.21. The van der Waals surface area contributed by atoms with Gasteiger partial charge in [-0.1, -0.05) is 87.8 Å². The van der Waals surface area contributed by atoms with E-state index < -0.39 is 0 Å². The molecule has 218 valence electrons. The van der Waals surface area contributed by atoms with Gasteiger partial charge in [-0.15, -0.1) is 0 Å². The first-order valence-corrected chi connectivity index (χ1v) is 15.3. The first-order chi connectivity index (χ1) is 18.9. The summed E-state index contributed by atoms with van der Waals surface area (Å²) in [5, 5.41) is 0. The highest BCUT2D eigenvalue weighted by Crippen LogP contribution is 2.27. The molecule has 0 N–H and O–H groups in total. The van der Waals surface area contributed by atoms with E-state index in [1.807, 2.05) is 0 Å². The first-order valence-electron chi connectivity index (χ1n) is 15.3. The standard InChI is InChI=1S/C35H54O4/c1-6-7-8-13-29(4)20-21-31-17-11-15-30(24-31)16-12-18-32-22-23-34(38-26-32)19-10-9-14-33(25-37-5)27-39-35(36)28(2)3/h11,15,17,20-21,24,32-34H,2,4,6-10,12-14,16,18-19,22-23,25-27H2,1,3,5H3/b21-20-. The third-order valence-corrected chi connectivity index (χ3v) is 7.70. The zero-order chi connectivity index (χ0) is 28.3. The lowest BCUT2D eigenvalue weighted by Crippen LogP contribution is -2.26. The SMILES string of the molecule is C=C(/C=C\c1cccc(CCCC2CCC(CCCCC(COC)COC(=O)C(=C)C)OC2)c1)CCCCC. The normalized spacial score (nSPS) is 18.2. The smallest absolute Gasteiger partial charge is 0.333 e. The van der Waals surface area contributed by atoms with Crippen LogP contribution < -0.4 is 0 Å². The van der Waals surface area contributed by atoms with Crippen LogP contribution in [-0.4, -0.2) is 39.0 Å². The molecular weight excluding hydrogens is 484 g/mol. The van der Waals surface area contributed by atoms with E-state index in [4.69, 9.17) is 14.2 Å². The summed E-state index contributed by atoms with van der Waals surface area (Å²) in [6, 6.07) is 8.94. The molecule has 0 spiro atoms. The molecule has 0 bridgehead atoms. The summed E-state index contributed by atoms with van der Waals surface area (Å²) in [6.07, 6.45) is 20.0. The molecule has 1 aromatic rings. The van der Waals surface area contributed by atoms with Crippen molar-refractivity contribution in [3.8, 4) is 0 Å². The number of aryl methyl sites for hydroxylation is 1. The molecule has 1 heterocycles. The van der Waals surface area contributed by atoms with Gasteiger partial charge in [0.1, 0.15) is 0 Å². The molecule has 3 atom stereocenters. The van der Waals surface area contributed by atoms with Crippen molar-refractivity contribution < 1.29 is 19.0 Å².